The van der Waals surface area contributed by atoms with Gasteiger partial charge in [0.2, 0.25) is 30.5 Å². The molecule has 95 heavy (non-hydrogen) atoms. The van der Waals surface area contributed by atoms with Crippen LogP contribution < -0.4 is 14.2 Å². The maximum Gasteiger partial charge on any atom is 0.411 e. The van der Waals surface area contributed by atoms with E-state index in [1.165, 1.54) is 109 Å². The molecule has 0 saturated carbocycles. The molecule has 0 amide bonds. The molecule has 0 radical (unpaired) electrons. The second-order valence-electron chi connectivity index (χ2n) is 22.0. The van der Waals surface area contributed by atoms with Gasteiger partial charge >= 0.3 is 24.7 Å². The Balaban J connectivity index is 0.735. The van der Waals surface area contributed by atoms with Gasteiger partial charge in [0.1, 0.15) is 34.5 Å². The molecule has 0 aliphatic carbocycles. The van der Waals surface area contributed by atoms with Crippen LogP contribution in [0.2, 0.25) is 5.02 Å². The highest BCUT2D eigenvalue weighted by Gasteiger charge is 2.73. The number of carbonyl (C=O) groups excluding carboxylic acids is 1. The summed E-state index contributed by atoms with van der Waals surface area (Å²) >= 11 is 5.90. The van der Waals surface area contributed by atoms with Crippen molar-refractivity contribution in [1.82, 2.24) is 0 Å². The zero-order chi connectivity index (χ0) is 68.4. The van der Waals surface area contributed by atoms with Gasteiger partial charge in [0.05, 0.1) is 19.6 Å². The van der Waals surface area contributed by atoms with E-state index in [9.17, 15) is 21.6 Å². The fourth-order valence-corrected chi connectivity index (χ4v) is 13.6. The summed E-state index contributed by atoms with van der Waals surface area (Å²) in [5.41, 5.74) is -10.8. The minimum atomic E-state index is -5.94. The van der Waals surface area contributed by atoms with E-state index in [4.69, 9.17) is 25.8 Å². The number of ketones is 1. The lowest BCUT2D eigenvalue weighted by Gasteiger charge is -2.38. The maximum atomic E-state index is 15.1. The molecule has 0 N–H and O–H groups in total. The van der Waals surface area contributed by atoms with Gasteiger partial charge in [-0.25, -0.2) is 16.8 Å². The smallest absolute Gasteiger partial charge is 0.411 e. The predicted molar refractivity (Wildman–Crippen MR) is 331 cm³/mol. The van der Waals surface area contributed by atoms with Gasteiger partial charge in [-0.3, -0.25) is 4.79 Å². The molecule has 0 saturated heterocycles. The lowest BCUT2D eigenvalue weighted by molar-refractivity contribution is -0.290. The van der Waals surface area contributed by atoms with E-state index in [2.05, 4.69) is 0 Å². The van der Waals surface area contributed by atoms with Crippen molar-refractivity contribution in [2.24, 2.45) is 0 Å². The van der Waals surface area contributed by atoms with Gasteiger partial charge in [-0.2, -0.15) is 52.7 Å². The highest BCUT2D eigenvalue weighted by atomic mass is 35.5. The fraction of sp³-hybridized carbons (Fsp3) is 0.153. The Morgan fingerprint density at radius 3 is 0.832 bits per heavy atom. The van der Waals surface area contributed by atoms with Crippen molar-refractivity contribution in [1.29, 1.82) is 0 Å². The second-order valence-corrected chi connectivity index (χ2v) is 26.4. The highest BCUT2D eigenvalue weighted by Crippen LogP contribution is 2.58. The van der Waals surface area contributed by atoms with Crippen molar-refractivity contribution in [3.63, 3.8) is 0 Å². The number of carbonyl (C=O) groups is 1. The van der Waals surface area contributed by atoms with Crippen LogP contribution >= 0.6 is 11.6 Å². The molecule has 0 heterocycles. The Morgan fingerprint density at radius 1 is 0.326 bits per heavy atom. The van der Waals surface area contributed by atoms with E-state index in [1.54, 1.807) is 55.5 Å². The van der Waals surface area contributed by atoms with Crippen molar-refractivity contribution in [3.05, 3.63) is 298 Å². The summed E-state index contributed by atoms with van der Waals surface area (Å²) in [4.78, 5) is 12.5. The Kier molecular flexibility index (Phi) is 19.3. The van der Waals surface area contributed by atoms with E-state index < -0.39 is 77.5 Å². The van der Waals surface area contributed by atoms with Crippen LogP contribution in [0.4, 0.5) is 52.7 Å². The quantitative estimate of drug-likeness (QED) is 0.0397. The first-order valence-corrected chi connectivity index (χ1v) is 32.1. The van der Waals surface area contributed by atoms with E-state index >= 15 is 52.7 Å². The molecule has 23 heteroatoms. The molecule has 10 rings (SSSR count). The molecular formula is C72H51ClF12O8S2. The second kappa shape index (κ2) is 26.8. The Labute approximate surface area is 542 Å². The third-order valence-corrected chi connectivity index (χ3v) is 19.7. The molecule has 10 aromatic carbocycles. The molecule has 0 aliphatic rings. The van der Waals surface area contributed by atoms with E-state index in [0.717, 1.165) is 54.1 Å². The lowest BCUT2D eigenvalue weighted by atomic mass is 9.72. The van der Waals surface area contributed by atoms with Gasteiger partial charge in [0, 0.05) is 16.1 Å². The van der Waals surface area contributed by atoms with E-state index in [1.807, 2.05) is 0 Å². The molecule has 490 valence electrons. The number of ether oxygens (including phenoxy) is 3. The average molecular weight is 1370 g/mol. The summed E-state index contributed by atoms with van der Waals surface area (Å²) in [6, 6.07) is 47.5. The Hall–Kier alpha value is -9.38. The van der Waals surface area contributed by atoms with Crippen molar-refractivity contribution in [3.8, 4) is 34.5 Å². The topological polar surface area (TPSA) is 113 Å². The Morgan fingerprint density at radius 2 is 0.547 bits per heavy atom. The number of sulfone groups is 2. The number of halogens is 13. The van der Waals surface area contributed by atoms with Crippen LogP contribution in [0.5, 0.6) is 34.5 Å². The van der Waals surface area contributed by atoms with Crippen LogP contribution in [0, 0.1) is 6.92 Å². The van der Waals surface area contributed by atoms with Crippen LogP contribution in [0.15, 0.2) is 262 Å². The standard InChI is InChI=1S/C72H51ClF12O8S2/c1-46-6-38-62(39-7-46)94(87,88)64-42-34-60(35-43-64)92-58-30-20-53(21-31-58)68(71(80,81)82,72(83,84)85)54-22-32-59(33-23-54)93-61-36-44-65(45-37-61)95(89,90)63-40-10-48(11-41-63)5-3-2-4-47-8-16-51(17-9-47)67(69(74,75)76,70(77,78)79)52-18-28-57(29-19-52)91-56-26-14-50(15-27-56)66(86)49-12-24-55(73)25-13-49/h6-45H,2-5H2,1H3. The minimum Gasteiger partial charge on any atom is -0.457 e. The molecule has 0 unspecified atom stereocenters. The summed E-state index contributed by atoms with van der Waals surface area (Å²) in [5, 5.41) is 0.438. The largest absolute Gasteiger partial charge is 0.457 e. The Bertz CT molecular complexity index is 4520. The van der Waals surface area contributed by atoms with Crippen LogP contribution in [0.1, 0.15) is 67.7 Å². The molecule has 0 spiro atoms. The first-order chi connectivity index (χ1) is 44.8. The molecule has 0 bridgehead atoms. The molecule has 0 atom stereocenters. The summed E-state index contributed by atoms with van der Waals surface area (Å²) in [6.07, 6.45) is -21.9. The minimum absolute atomic E-state index is 0.0177. The monoisotopic (exact) mass is 1370 g/mol. The fourth-order valence-electron chi connectivity index (χ4n) is 10.9. The SMILES string of the molecule is Cc1ccc(S(=O)(=O)c2ccc(Oc3ccc(C(c4ccc(Oc5ccc(S(=O)(=O)c6ccc(CCCCc7ccc(C(c8ccc(Oc9ccc(C(=O)c%10ccc(Cl)cc%10)cc9)cc8)(C(F)(F)F)C(F)(F)F)cc7)cc6)cc5)cc4)(C(F)(F)F)C(F)(F)F)cc3)cc2)cc1. The molecule has 10 aromatic rings. The van der Waals surface area contributed by atoms with Gasteiger partial charge in [-0.05, 0) is 224 Å². The number of benzene rings is 10. The van der Waals surface area contributed by atoms with E-state index in [0.29, 0.717) is 82.9 Å². The predicted octanol–water partition coefficient (Wildman–Crippen LogP) is 20.3. The maximum absolute atomic E-state index is 15.1. The molecular weight excluding hydrogens is 1320 g/mol. The van der Waals surface area contributed by atoms with Crippen molar-refractivity contribution < 1.29 is 88.5 Å². The van der Waals surface area contributed by atoms with Crippen molar-refractivity contribution >= 4 is 37.1 Å². The van der Waals surface area contributed by atoms with Gasteiger partial charge in [0.25, 0.3) is 0 Å². The van der Waals surface area contributed by atoms with Crippen LogP contribution in [0.3, 0.4) is 0 Å². The zero-order valence-corrected chi connectivity index (χ0v) is 51.8. The highest BCUT2D eigenvalue weighted by molar-refractivity contribution is 7.91. The summed E-state index contributed by atoms with van der Waals surface area (Å²) in [7, 11) is -8.06. The lowest BCUT2D eigenvalue weighted by Crippen LogP contribution is -2.54. The van der Waals surface area contributed by atoms with Gasteiger partial charge in [0.15, 0.2) is 5.78 Å². The van der Waals surface area contributed by atoms with Crippen LogP contribution in [0.25, 0.3) is 0 Å². The number of hydrogen-bond acceptors (Lipinski definition) is 8. The van der Waals surface area contributed by atoms with E-state index in [-0.39, 0.29) is 66.3 Å². The first kappa shape index (κ1) is 68.5. The molecule has 0 aromatic heterocycles. The average Bonchev–Trinajstić information content (AvgIpc) is 0.724. The van der Waals surface area contributed by atoms with Gasteiger partial charge in [-0.15, -0.1) is 0 Å². The van der Waals surface area contributed by atoms with Gasteiger partial charge < -0.3 is 14.2 Å². The molecule has 0 fully saturated rings. The van der Waals surface area contributed by atoms with Gasteiger partial charge in [-0.1, -0.05) is 102 Å². The number of unbranched alkanes of at least 4 members (excludes halogenated alkanes) is 1. The third-order valence-electron chi connectivity index (χ3n) is 15.9. The summed E-state index contributed by atoms with van der Waals surface area (Å²) < 4.78 is 251. The normalized spacial score (nSPS) is 12.7. The number of rotatable bonds is 21. The van der Waals surface area contributed by atoms with Crippen molar-refractivity contribution in [2.45, 2.75) is 87.7 Å². The van der Waals surface area contributed by atoms with Crippen molar-refractivity contribution in [2.75, 3.05) is 0 Å². The van der Waals surface area contributed by atoms with Crippen LogP contribution in [-0.4, -0.2) is 47.3 Å². The molecule has 8 nitrogen and oxygen atoms in total. The van der Waals surface area contributed by atoms with Crippen LogP contribution in [-0.2, 0) is 43.3 Å². The zero-order valence-electron chi connectivity index (χ0n) is 49.4. The summed E-state index contributed by atoms with van der Waals surface area (Å²) in [5.74, 6) is -0.530. The molecule has 0 aliphatic heterocycles. The number of aryl methyl sites for hydroxylation is 3. The number of hydrogen-bond donors (Lipinski definition) is 0. The number of alkyl halides is 12. The first-order valence-electron chi connectivity index (χ1n) is 28.8. The summed E-state index contributed by atoms with van der Waals surface area (Å²) in [6.45, 7) is 1.79. The third kappa shape index (κ3) is 14.2.